The highest BCUT2D eigenvalue weighted by Gasteiger charge is 2.24. The summed E-state index contributed by atoms with van der Waals surface area (Å²) in [7, 11) is 0. The van der Waals surface area contributed by atoms with Crippen molar-refractivity contribution in [3.8, 4) is 0 Å². The van der Waals surface area contributed by atoms with Gasteiger partial charge in [-0.1, -0.05) is 38.1 Å². The minimum absolute atomic E-state index is 0.00717. The molecule has 0 fully saturated rings. The molecule has 1 aromatic heterocycles. The Labute approximate surface area is 143 Å². The molecule has 0 amide bonds. The SMILES string of the molecule is CC(C)[C@@H](CO)Nc1cc(N2Cc3ccccc3C[C@@H]2C)ncn1. The Morgan fingerprint density at radius 3 is 2.71 bits per heavy atom. The number of nitrogens with zero attached hydrogens (tertiary/aromatic N) is 3. The van der Waals surface area contributed by atoms with E-state index in [1.165, 1.54) is 11.1 Å². The van der Waals surface area contributed by atoms with Crippen LogP contribution in [0, 0.1) is 5.92 Å². The topological polar surface area (TPSA) is 61.3 Å². The Kier molecular flexibility index (Phi) is 5.00. The lowest BCUT2D eigenvalue weighted by Gasteiger charge is -2.36. The van der Waals surface area contributed by atoms with E-state index in [1.807, 2.05) is 6.07 Å². The first kappa shape index (κ1) is 16.7. The third-order valence-corrected chi connectivity index (χ3v) is 4.79. The largest absolute Gasteiger partial charge is 0.394 e. The standard InChI is InChI=1S/C19H26N4O/c1-13(2)17(11-24)22-18-9-19(21-12-20-18)23-10-16-7-5-4-6-15(16)8-14(23)3/h4-7,9,12-14,17,24H,8,10-11H2,1-3H3,(H,20,21,22)/t14-,17+/m0/s1. The summed E-state index contributed by atoms with van der Waals surface area (Å²) < 4.78 is 0. The minimum Gasteiger partial charge on any atom is -0.394 e. The zero-order chi connectivity index (χ0) is 17.1. The first-order valence-corrected chi connectivity index (χ1v) is 8.61. The van der Waals surface area contributed by atoms with E-state index in [1.54, 1.807) is 6.33 Å². The minimum atomic E-state index is -0.00717. The maximum atomic E-state index is 9.51. The van der Waals surface area contributed by atoms with Gasteiger partial charge < -0.3 is 15.3 Å². The van der Waals surface area contributed by atoms with Gasteiger partial charge in [0.05, 0.1) is 12.6 Å². The Morgan fingerprint density at radius 1 is 1.25 bits per heavy atom. The second kappa shape index (κ2) is 7.18. The number of aromatic nitrogens is 2. The summed E-state index contributed by atoms with van der Waals surface area (Å²) in [4.78, 5) is 11.1. The summed E-state index contributed by atoms with van der Waals surface area (Å²) in [5, 5.41) is 12.8. The molecule has 0 saturated carbocycles. The van der Waals surface area contributed by atoms with Crippen molar-refractivity contribution in [1.82, 2.24) is 9.97 Å². The zero-order valence-corrected chi connectivity index (χ0v) is 14.6. The molecule has 2 N–H and O–H groups in total. The third kappa shape index (κ3) is 3.51. The quantitative estimate of drug-likeness (QED) is 0.885. The average molecular weight is 326 g/mol. The molecule has 5 heteroatoms. The van der Waals surface area contributed by atoms with Gasteiger partial charge in [0.1, 0.15) is 18.0 Å². The summed E-state index contributed by atoms with van der Waals surface area (Å²) in [6.45, 7) is 7.35. The van der Waals surface area contributed by atoms with Crippen molar-refractivity contribution in [3.63, 3.8) is 0 Å². The fourth-order valence-corrected chi connectivity index (χ4v) is 3.18. The lowest BCUT2D eigenvalue weighted by Crippen LogP contribution is -2.39. The van der Waals surface area contributed by atoms with Gasteiger partial charge in [-0.3, -0.25) is 0 Å². The van der Waals surface area contributed by atoms with Gasteiger partial charge in [0, 0.05) is 18.7 Å². The molecule has 0 unspecified atom stereocenters. The van der Waals surface area contributed by atoms with E-state index >= 15 is 0 Å². The number of nitrogens with one attached hydrogen (secondary N) is 1. The van der Waals surface area contributed by atoms with Crippen LogP contribution in [0.1, 0.15) is 31.9 Å². The lowest BCUT2D eigenvalue weighted by molar-refractivity contribution is 0.249. The summed E-state index contributed by atoms with van der Waals surface area (Å²) >= 11 is 0. The smallest absolute Gasteiger partial charge is 0.134 e. The summed E-state index contributed by atoms with van der Waals surface area (Å²) in [6, 6.07) is 11.0. The average Bonchev–Trinajstić information content (AvgIpc) is 2.59. The van der Waals surface area contributed by atoms with Crippen LogP contribution in [0.5, 0.6) is 0 Å². The van der Waals surface area contributed by atoms with Crippen molar-refractivity contribution in [1.29, 1.82) is 0 Å². The van der Waals surface area contributed by atoms with E-state index in [9.17, 15) is 5.11 Å². The van der Waals surface area contributed by atoms with Crippen molar-refractivity contribution >= 4 is 11.6 Å². The van der Waals surface area contributed by atoms with E-state index < -0.39 is 0 Å². The molecule has 2 aromatic rings. The van der Waals surface area contributed by atoms with Gasteiger partial charge in [0.25, 0.3) is 0 Å². The van der Waals surface area contributed by atoms with Crippen LogP contribution in [0.15, 0.2) is 36.7 Å². The van der Waals surface area contributed by atoms with Crippen LogP contribution in [0.3, 0.4) is 0 Å². The predicted octanol–water partition coefficient (Wildman–Crippen LogP) is 2.86. The lowest BCUT2D eigenvalue weighted by atomic mass is 9.95. The molecule has 0 bridgehead atoms. The zero-order valence-electron chi connectivity index (χ0n) is 14.6. The molecule has 1 aliphatic heterocycles. The number of anilines is 2. The molecule has 2 atom stereocenters. The summed E-state index contributed by atoms with van der Waals surface area (Å²) in [6.07, 6.45) is 2.62. The Hall–Kier alpha value is -2.14. The molecule has 3 rings (SSSR count). The highest BCUT2D eigenvalue weighted by molar-refractivity contribution is 5.52. The van der Waals surface area contributed by atoms with Gasteiger partial charge in [-0.25, -0.2) is 9.97 Å². The van der Waals surface area contributed by atoms with E-state index in [0.717, 1.165) is 24.6 Å². The number of aliphatic hydroxyl groups is 1. The molecule has 1 aliphatic rings. The van der Waals surface area contributed by atoms with Crippen molar-refractivity contribution < 1.29 is 5.11 Å². The Morgan fingerprint density at radius 2 is 2.00 bits per heavy atom. The molecule has 5 nitrogen and oxygen atoms in total. The number of hydrogen-bond donors (Lipinski definition) is 2. The molecule has 128 valence electrons. The van der Waals surface area contributed by atoms with Crippen LogP contribution in [0.25, 0.3) is 0 Å². The molecular formula is C19H26N4O. The van der Waals surface area contributed by atoms with Crippen molar-refractivity contribution in [3.05, 3.63) is 47.8 Å². The van der Waals surface area contributed by atoms with E-state index in [4.69, 9.17) is 0 Å². The van der Waals surface area contributed by atoms with Gasteiger partial charge in [-0.15, -0.1) is 0 Å². The maximum Gasteiger partial charge on any atom is 0.134 e. The molecule has 0 spiro atoms. The van der Waals surface area contributed by atoms with Gasteiger partial charge in [0.2, 0.25) is 0 Å². The second-order valence-electron chi connectivity index (χ2n) is 6.89. The first-order valence-electron chi connectivity index (χ1n) is 8.61. The van der Waals surface area contributed by atoms with Crippen molar-refractivity contribution in [2.45, 2.75) is 45.8 Å². The Bertz CT molecular complexity index is 689. The first-order chi connectivity index (χ1) is 11.6. The van der Waals surface area contributed by atoms with Crippen molar-refractivity contribution in [2.24, 2.45) is 5.92 Å². The van der Waals surface area contributed by atoms with E-state index in [2.05, 4.69) is 65.2 Å². The van der Waals surface area contributed by atoms with Crippen LogP contribution in [0.4, 0.5) is 11.6 Å². The molecular weight excluding hydrogens is 300 g/mol. The fourth-order valence-electron chi connectivity index (χ4n) is 3.18. The summed E-state index contributed by atoms with van der Waals surface area (Å²) in [5.41, 5.74) is 2.79. The van der Waals surface area contributed by atoms with Crippen LogP contribution in [0.2, 0.25) is 0 Å². The van der Waals surface area contributed by atoms with Crippen LogP contribution in [-0.2, 0) is 13.0 Å². The number of fused-ring (bicyclic) bond motifs is 1. The summed E-state index contributed by atoms with van der Waals surface area (Å²) in [5.74, 6) is 2.02. The van der Waals surface area contributed by atoms with Gasteiger partial charge >= 0.3 is 0 Å². The van der Waals surface area contributed by atoms with Crippen LogP contribution < -0.4 is 10.2 Å². The number of aliphatic hydroxyl groups excluding tert-OH is 1. The van der Waals surface area contributed by atoms with Gasteiger partial charge in [-0.2, -0.15) is 0 Å². The normalized spacial score (nSPS) is 18.4. The van der Waals surface area contributed by atoms with Crippen LogP contribution in [-0.4, -0.2) is 33.8 Å². The number of hydrogen-bond acceptors (Lipinski definition) is 5. The number of benzene rings is 1. The van der Waals surface area contributed by atoms with Gasteiger partial charge in [-0.05, 0) is 30.4 Å². The Balaban J connectivity index is 1.81. The highest BCUT2D eigenvalue weighted by Crippen LogP contribution is 2.28. The third-order valence-electron chi connectivity index (χ3n) is 4.79. The van der Waals surface area contributed by atoms with Crippen LogP contribution >= 0.6 is 0 Å². The van der Waals surface area contributed by atoms with E-state index in [-0.39, 0.29) is 12.6 Å². The molecule has 0 saturated heterocycles. The molecule has 24 heavy (non-hydrogen) atoms. The maximum absolute atomic E-state index is 9.51. The van der Waals surface area contributed by atoms with Gasteiger partial charge in [0.15, 0.2) is 0 Å². The fraction of sp³-hybridized carbons (Fsp3) is 0.474. The molecule has 2 heterocycles. The molecule has 0 aliphatic carbocycles. The molecule has 1 aromatic carbocycles. The monoisotopic (exact) mass is 326 g/mol. The van der Waals surface area contributed by atoms with E-state index in [0.29, 0.717) is 12.0 Å². The van der Waals surface area contributed by atoms with Crippen molar-refractivity contribution in [2.75, 3.05) is 16.8 Å². The number of rotatable bonds is 5. The molecule has 0 radical (unpaired) electrons. The highest BCUT2D eigenvalue weighted by atomic mass is 16.3. The second-order valence-corrected chi connectivity index (χ2v) is 6.89. The predicted molar refractivity (Wildman–Crippen MR) is 97.2 cm³/mol.